The van der Waals surface area contributed by atoms with Gasteiger partial charge in [0.25, 0.3) is 0 Å². The highest BCUT2D eigenvalue weighted by Crippen LogP contribution is 2.17. The molecule has 0 aliphatic carbocycles. The van der Waals surface area contributed by atoms with Gasteiger partial charge in [0.2, 0.25) is 11.8 Å². The van der Waals surface area contributed by atoms with Crippen LogP contribution < -0.4 is 15.4 Å². The van der Waals surface area contributed by atoms with Crippen molar-refractivity contribution in [1.82, 2.24) is 5.32 Å². The summed E-state index contributed by atoms with van der Waals surface area (Å²) >= 11 is 1.65. The third-order valence-electron chi connectivity index (χ3n) is 3.57. The monoisotopic (exact) mass is 370 g/mol. The highest BCUT2D eigenvalue weighted by Gasteiger charge is 2.03. The lowest BCUT2D eigenvalue weighted by molar-refractivity contribution is -0.117. The van der Waals surface area contributed by atoms with Crippen LogP contribution in [-0.2, 0) is 9.59 Å². The summed E-state index contributed by atoms with van der Waals surface area (Å²) < 4.78 is 5.08. The quantitative estimate of drug-likeness (QED) is 0.551. The molecule has 0 heterocycles. The standard InChI is InChI=1S/C20H22N2O3S/c1-25-17-8-3-15(4-9-17)5-12-19(23)21-14-13-20(24)22-16-6-10-18(26-2)11-7-16/h3-12H,13-14H2,1-2H3,(H,21,23)(H,22,24)/b12-5+. The summed E-state index contributed by atoms with van der Waals surface area (Å²) in [4.78, 5) is 24.8. The molecule has 0 unspecified atom stereocenters. The average Bonchev–Trinajstić information content (AvgIpc) is 2.67. The second-order valence-electron chi connectivity index (χ2n) is 5.42. The molecule has 2 aromatic carbocycles. The van der Waals surface area contributed by atoms with Crippen LogP contribution in [0.25, 0.3) is 6.08 Å². The maximum Gasteiger partial charge on any atom is 0.244 e. The molecule has 0 radical (unpaired) electrons. The van der Waals surface area contributed by atoms with Crippen LogP contribution >= 0.6 is 11.8 Å². The Morgan fingerprint density at radius 2 is 1.77 bits per heavy atom. The van der Waals surface area contributed by atoms with Crippen LogP contribution in [0.3, 0.4) is 0 Å². The highest BCUT2D eigenvalue weighted by molar-refractivity contribution is 7.98. The zero-order valence-electron chi connectivity index (χ0n) is 14.8. The van der Waals surface area contributed by atoms with Gasteiger partial charge in [0.15, 0.2) is 0 Å². The average molecular weight is 370 g/mol. The smallest absolute Gasteiger partial charge is 0.244 e. The Morgan fingerprint density at radius 3 is 2.38 bits per heavy atom. The number of ether oxygens (including phenoxy) is 1. The van der Waals surface area contributed by atoms with Crippen molar-refractivity contribution in [3.05, 3.63) is 60.2 Å². The molecule has 0 saturated heterocycles. The number of thioether (sulfide) groups is 1. The fraction of sp³-hybridized carbons (Fsp3) is 0.200. The molecule has 2 aromatic rings. The molecule has 0 saturated carbocycles. The lowest BCUT2D eigenvalue weighted by Gasteiger charge is -2.06. The first-order valence-corrected chi connectivity index (χ1v) is 9.37. The topological polar surface area (TPSA) is 67.4 Å². The summed E-state index contributed by atoms with van der Waals surface area (Å²) in [7, 11) is 1.60. The molecule has 136 valence electrons. The number of anilines is 1. The SMILES string of the molecule is COc1ccc(/C=C/C(=O)NCCC(=O)Nc2ccc(SC)cc2)cc1. The van der Waals surface area contributed by atoms with Gasteiger partial charge in [-0.1, -0.05) is 12.1 Å². The van der Waals surface area contributed by atoms with Crippen molar-refractivity contribution >= 4 is 35.3 Å². The minimum atomic E-state index is -0.238. The van der Waals surface area contributed by atoms with Crippen LogP contribution in [0.2, 0.25) is 0 Å². The van der Waals surface area contributed by atoms with Gasteiger partial charge < -0.3 is 15.4 Å². The Balaban J connectivity index is 1.71. The van der Waals surface area contributed by atoms with Gasteiger partial charge in [-0.3, -0.25) is 9.59 Å². The van der Waals surface area contributed by atoms with E-state index >= 15 is 0 Å². The van der Waals surface area contributed by atoms with E-state index in [1.165, 1.54) is 6.08 Å². The summed E-state index contributed by atoms with van der Waals surface area (Å²) in [6.45, 7) is 0.278. The van der Waals surface area contributed by atoms with E-state index in [0.717, 1.165) is 21.9 Å². The summed E-state index contributed by atoms with van der Waals surface area (Å²) in [5, 5.41) is 5.50. The van der Waals surface area contributed by atoms with Crippen LogP contribution in [0.5, 0.6) is 5.75 Å². The predicted molar refractivity (Wildman–Crippen MR) is 107 cm³/mol. The Kier molecular flexibility index (Phi) is 7.76. The molecule has 26 heavy (non-hydrogen) atoms. The van der Waals surface area contributed by atoms with Gasteiger partial charge in [-0.25, -0.2) is 0 Å². The first-order chi connectivity index (χ1) is 12.6. The van der Waals surface area contributed by atoms with E-state index in [4.69, 9.17) is 4.74 Å². The summed E-state index contributed by atoms with van der Waals surface area (Å²) in [6.07, 6.45) is 5.37. The number of rotatable bonds is 8. The van der Waals surface area contributed by atoms with Gasteiger partial charge >= 0.3 is 0 Å². The van der Waals surface area contributed by atoms with E-state index in [9.17, 15) is 9.59 Å². The normalized spacial score (nSPS) is 10.5. The van der Waals surface area contributed by atoms with Crippen molar-refractivity contribution in [1.29, 1.82) is 0 Å². The van der Waals surface area contributed by atoms with Crippen LogP contribution in [0.1, 0.15) is 12.0 Å². The number of carbonyl (C=O) groups excluding carboxylic acids is 2. The molecule has 0 aromatic heterocycles. The van der Waals surface area contributed by atoms with Gasteiger partial charge in [0.05, 0.1) is 7.11 Å². The molecule has 0 spiro atoms. The molecule has 2 rings (SSSR count). The van der Waals surface area contributed by atoms with E-state index in [2.05, 4.69) is 10.6 Å². The number of hydrogen-bond acceptors (Lipinski definition) is 4. The van der Waals surface area contributed by atoms with Gasteiger partial charge in [0.1, 0.15) is 5.75 Å². The summed E-state index contributed by atoms with van der Waals surface area (Å²) in [5.41, 5.74) is 1.64. The van der Waals surface area contributed by atoms with Gasteiger partial charge in [-0.05, 0) is 54.3 Å². The van der Waals surface area contributed by atoms with E-state index in [0.29, 0.717) is 0 Å². The molecular formula is C20H22N2O3S. The molecule has 0 aliphatic rings. The number of amides is 2. The zero-order chi connectivity index (χ0) is 18.8. The fourth-order valence-electron chi connectivity index (χ4n) is 2.14. The van der Waals surface area contributed by atoms with E-state index in [1.54, 1.807) is 24.9 Å². The Hall–Kier alpha value is -2.73. The number of benzene rings is 2. The molecule has 0 bridgehead atoms. The third-order valence-corrected chi connectivity index (χ3v) is 4.31. The second-order valence-corrected chi connectivity index (χ2v) is 6.30. The maximum absolute atomic E-state index is 11.9. The largest absolute Gasteiger partial charge is 0.497 e. The molecule has 6 heteroatoms. The maximum atomic E-state index is 11.9. The van der Waals surface area contributed by atoms with Crippen LogP contribution in [0.4, 0.5) is 5.69 Å². The molecule has 0 atom stereocenters. The molecule has 0 aliphatic heterocycles. The fourth-order valence-corrected chi connectivity index (χ4v) is 2.55. The van der Waals surface area contributed by atoms with Crippen molar-refractivity contribution in [3.8, 4) is 5.75 Å². The van der Waals surface area contributed by atoms with Crippen molar-refractivity contribution in [2.24, 2.45) is 0 Å². The number of nitrogens with one attached hydrogen (secondary N) is 2. The highest BCUT2D eigenvalue weighted by atomic mass is 32.2. The van der Waals surface area contributed by atoms with Gasteiger partial charge in [-0.2, -0.15) is 0 Å². The third kappa shape index (κ3) is 6.64. The molecule has 2 amide bonds. The van der Waals surface area contributed by atoms with Crippen molar-refractivity contribution in [2.75, 3.05) is 25.2 Å². The summed E-state index contributed by atoms with van der Waals surface area (Å²) in [6, 6.07) is 15.0. The number of carbonyl (C=O) groups is 2. The molecule has 0 fully saturated rings. The van der Waals surface area contributed by atoms with Gasteiger partial charge in [-0.15, -0.1) is 11.8 Å². The molecule has 5 nitrogen and oxygen atoms in total. The predicted octanol–water partition coefficient (Wildman–Crippen LogP) is 3.58. The molecule has 2 N–H and O–H groups in total. The van der Waals surface area contributed by atoms with Crippen LogP contribution in [-0.4, -0.2) is 31.7 Å². The Morgan fingerprint density at radius 1 is 1.08 bits per heavy atom. The Labute approximate surface area is 157 Å². The minimum absolute atomic E-state index is 0.138. The lowest BCUT2D eigenvalue weighted by Crippen LogP contribution is -2.26. The zero-order valence-corrected chi connectivity index (χ0v) is 15.6. The second kappa shape index (κ2) is 10.3. The Bertz CT molecular complexity index is 756. The first kappa shape index (κ1) is 19.6. The lowest BCUT2D eigenvalue weighted by atomic mass is 10.2. The van der Waals surface area contributed by atoms with Crippen molar-refractivity contribution in [2.45, 2.75) is 11.3 Å². The minimum Gasteiger partial charge on any atom is -0.497 e. The van der Waals surface area contributed by atoms with E-state index in [1.807, 2.05) is 54.8 Å². The van der Waals surface area contributed by atoms with E-state index < -0.39 is 0 Å². The van der Waals surface area contributed by atoms with Crippen LogP contribution in [0.15, 0.2) is 59.5 Å². The number of methoxy groups -OCH3 is 1. The number of hydrogen-bond donors (Lipinski definition) is 2. The van der Waals surface area contributed by atoms with Crippen molar-refractivity contribution in [3.63, 3.8) is 0 Å². The van der Waals surface area contributed by atoms with Gasteiger partial charge in [0, 0.05) is 29.6 Å². The van der Waals surface area contributed by atoms with Crippen LogP contribution in [0, 0.1) is 0 Å². The van der Waals surface area contributed by atoms with E-state index in [-0.39, 0.29) is 24.8 Å². The summed E-state index contributed by atoms with van der Waals surface area (Å²) in [5.74, 6) is 0.389. The van der Waals surface area contributed by atoms with Crippen molar-refractivity contribution < 1.29 is 14.3 Å². The first-order valence-electron chi connectivity index (χ1n) is 8.14. The molecular weight excluding hydrogens is 348 g/mol.